The fraction of sp³-hybridized carbons (Fsp3) is 0.150. The summed E-state index contributed by atoms with van der Waals surface area (Å²) in [4.78, 5) is 15.9. The summed E-state index contributed by atoms with van der Waals surface area (Å²) in [6.07, 6.45) is 6.85. The second-order valence-corrected chi connectivity index (χ2v) is 6.02. The van der Waals surface area contributed by atoms with E-state index in [4.69, 9.17) is 4.74 Å². The van der Waals surface area contributed by atoms with Gasteiger partial charge in [-0.1, -0.05) is 12.1 Å². The highest BCUT2D eigenvalue weighted by molar-refractivity contribution is 5.81. The van der Waals surface area contributed by atoms with Gasteiger partial charge in [-0.25, -0.2) is 0 Å². The first-order chi connectivity index (χ1) is 12.8. The zero-order valence-corrected chi connectivity index (χ0v) is 14.3. The molecule has 6 heteroatoms. The zero-order valence-electron chi connectivity index (χ0n) is 14.3. The van der Waals surface area contributed by atoms with Crippen molar-refractivity contribution in [3.05, 3.63) is 77.9 Å². The maximum atomic E-state index is 9.94. The van der Waals surface area contributed by atoms with Crippen LogP contribution in [0.4, 0.5) is 0 Å². The van der Waals surface area contributed by atoms with E-state index in [2.05, 4.69) is 19.9 Å². The minimum absolute atomic E-state index is 0.00281. The van der Waals surface area contributed by atoms with Crippen LogP contribution in [0.5, 0.6) is 11.8 Å². The van der Waals surface area contributed by atoms with E-state index in [9.17, 15) is 5.11 Å². The Balaban J connectivity index is 1.72. The van der Waals surface area contributed by atoms with Gasteiger partial charge < -0.3 is 14.8 Å². The summed E-state index contributed by atoms with van der Waals surface area (Å²) in [6, 6.07) is 11.8. The third-order valence-electron chi connectivity index (χ3n) is 4.44. The molecule has 0 saturated heterocycles. The fourth-order valence-corrected chi connectivity index (χ4v) is 3.11. The van der Waals surface area contributed by atoms with Crippen molar-refractivity contribution >= 4 is 11.0 Å². The smallest absolute Gasteiger partial charge is 0.300 e. The average molecular weight is 346 g/mol. The van der Waals surface area contributed by atoms with E-state index in [0.29, 0.717) is 11.8 Å². The molecule has 1 atom stereocenters. The van der Waals surface area contributed by atoms with E-state index in [1.54, 1.807) is 36.9 Å². The molecular weight excluding hydrogens is 328 g/mol. The number of imidazole rings is 1. The highest BCUT2D eigenvalue weighted by atomic mass is 16.5. The van der Waals surface area contributed by atoms with Gasteiger partial charge in [-0.15, -0.1) is 0 Å². The van der Waals surface area contributed by atoms with Crippen LogP contribution in [0.3, 0.4) is 0 Å². The molecule has 0 amide bonds. The van der Waals surface area contributed by atoms with Crippen LogP contribution in [0.1, 0.15) is 22.6 Å². The Hall–Kier alpha value is -3.25. The topological polar surface area (TPSA) is 83.9 Å². The lowest BCUT2D eigenvalue weighted by Gasteiger charge is -2.17. The maximum Gasteiger partial charge on any atom is 0.300 e. The molecule has 26 heavy (non-hydrogen) atoms. The molecular formula is C20H18N4O2. The number of aromatic amines is 1. The largest absolute Gasteiger partial charge is 0.426 e. The highest BCUT2D eigenvalue weighted by Crippen LogP contribution is 2.31. The number of aryl methyl sites for hydroxylation is 1. The van der Waals surface area contributed by atoms with Crippen molar-refractivity contribution in [3.63, 3.8) is 0 Å². The van der Waals surface area contributed by atoms with Crippen LogP contribution in [0.25, 0.3) is 11.0 Å². The van der Waals surface area contributed by atoms with Crippen LogP contribution in [-0.4, -0.2) is 31.6 Å². The van der Waals surface area contributed by atoms with Crippen molar-refractivity contribution in [1.82, 2.24) is 19.9 Å². The second kappa shape index (κ2) is 6.93. The molecule has 0 fully saturated rings. The molecule has 4 rings (SSSR count). The zero-order chi connectivity index (χ0) is 17.9. The van der Waals surface area contributed by atoms with Gasteiger partial charge in [-0.05, 0) is 47.9 Å². The van der Waals surface area contributed by atoms with Crippen molar-refractivity contribution in [3.8, 4) is 11.8 Å². The summed E-state index contributed by atoms with van der Waals surface area (Å²) >= 11 is 0. The summed E-state index contributed by atoms with van der Waals surface area (Å²) in [5.41, 5.74) is 4.72. The Labute approximate surface area is 150 Å². The average Bonchev–Trinajstić information content (AvgIpc) is 3.09. The minimum atomic E-state index is -0.144. The Morgan fingerprint density at radius 3 is 2.65 bits per heavy atom. The summed E-state index contributed by atoms with van der Waals surface area (Å²) in [6.45, 7) is 2.01. The number of benzene rings is 1. The molecule has 0 radical (unpaired) electrons. The number of hydrogen-bond acceptors (Lipinski definition) is 5. The Kier molecular flexibility index (Phi) is 4.33. The summed E-state index contributed by atoms with van der Waals surface area (Å²) in [5.74, 6) is 0.523. The number of fused-ring (bicyclic) bond motifs is 1. The molecule has 0 spiro atoms. The standard InChI is InChI=1S/C20H18N4O2/c1-13-16(17(12-25)14-3-2-8-22-11-14)4-5-18-19(13)24-20(23-18)26-15-6-9-21-10-7-15/h2-11,17,25H,12H2,1H3,(H,23,24). The second-order valence-electron chi connectivity index (χ2n) is 6.02. The monoisotopic (exact) mass is 346 g/mol. The lowest BCUT2D eigenvalue weighted by atomic mass is 9.89. The number of nitrogens with one attached hydrogen (secondary N) is 1. The lowest BCUT2D eigenvalue weighted by molar-refractivity contribution is 0.280. The van der Waals surface area contributed by atoms with Crippen LogP contribution in [0.15, 0.2) is 61.2 Å². The van der Waals surface area contributed by atoms with Gasteiger partial charge in [-0.3, -0.25) is 9.97 Å². The van der Waals surface area contributed by atoms with Gasteiger partial charge in [0.1, 0.15) is 5.75 Å². The van der Waals surface area contributed by atoms with Crippen molar-refractivity contribution in [1.29, 1.82) is 0 Å². The van der Waals surface area contributed by atoms with E-state index in [0.717, 1.165) is 27.7 Å². The highest BCUT2D eigenvalue weighted by Gasteiger charge is 2.18. The van der Waals surface area contributed by atoms with Gasteiger partial charge in [0.25, 0.3) is 6.01 Å². The number of ether oxygens (including phenoxy) is 1. The molecule has 2 N–H and O–H groups in total. The Bertz CT molecular complexity index is 1020. The van der Waals surface area contributed by atoms with Crippen LogP contribution < -0.4 is 4.74 Å². The maximum absolute atomic E-state index is 9.94. The Morgan fingerprint density at radius 2 is 1.92 bits per heavy atom. The molecule has 0 aliphatic rings. The van der Waals surface area contributed by atoms with Gasteiger partial charge >= 0.3 is 0 Å². The minimum Gasteiger partial charge on any atom is -0.426 e. The predicted molar refractivity (Wildman–Crippen MR) is 98.3 cm³/mol. The molecule has 1 unspecified atom stereocenters. The Morgan fingerprint density at radius 1 is 1.08 bits per heavy atom. The number of aliphatic hydroxyl groups is 1. The quantitative estimate of drug-likeness (QED) is 0.577. The molecule has 6 nitrogen and oxygen atoms in total. The summed E-state index contributed by atoms with van der Waals surface area (Å²) in [7, 11) is 0. The number of hydrogen-bond donors (Lipinski definition) is 2. The van der Waals surface area contributed by atoms with Crippen LogP contribution in [0, 0.1) is 6.92 Å². The molecule has 130 valence electrons. The first-order valence-corrected chi connectivity index (χ1v) is 8.34. The van der Waals surface area contributed by atoms with E-state index >= 15 is 0 Å². The number of rotatable bonds is 5. The van der Waals surface area contributed by atoms with Gasteiger partial charge in [0.05, 0.1) is 17.6 Å². The number of H-pyrrole nitrogens is 1. The molecule has 0 saturated carbocycles. The van der Waals surface area contributed by atoms with Crippen LogP contribution >= 0.6 is 0 Å². The van der Waals surface area contributed by atoms with Gasteiger partial charge in [-0.2, -0.15) is 4.98 Å². The molecule has 4 aromatic rings. The number of aliphatic hydroxyl groups excluding tert-OH is 1. The van der Waals surface area contributed by atoms with Crippen molar-refractivity contribution in [2.45, 2.75) is 12.8 Å². The van der Waals surface area contributed by atoms with Gasteiger partial charge in [0, 0.05) is 30.7 Å². The van der Waals surface area contributed by atoms with Gasteiger partial charge in [0.2, 0.25) is 0 Å². The van der Waals surface area contributed by atoms with Crippen molar-refractivity contribution in [2.75, 3.05) is 6.61 Å². The number of nitrogens with zero attached hydrogens (tertiary/aromatic N) is 3. The number of aromatic nitrogens is 4. The van der Waals surface area contributed by atoms with E-state index in [1.807, 2.05) is 31.2 Å². The van der Waals surface area contributed by atoms with Crippen LogP contribution in [0.2, 0.25) is 0 Å². The molecule has 3 aromatic heterocycles. The first-order valence-electron chi connectivity index (χ1n) is 8.34. The fourth-order valence-electron chi connectivity index (χ4n) is 3.11. The molecule has 0 aliphatic carbocycles. The molecule has 0 aliphatic heterocycles. The van der Waals surface area contributed by atoms with Crippen molar-refractivity contribution < 1.29 is 9.84 Å². The molecule has 1 aromatic carbocycles. The van der Waals surface area contributed by atoms with Crippen molar-refractivity contribution in [2.24, 2.45) is 0 Å². The first kappa shape index (κ1) is 16.2. The third-order valence-corrected chi connectivity index (χ3v) is 4.44. The van der Waals surface area contributed by atoms with E-state index in [-0.39, 0.29) is 12.5 Å². The lowest BCUT2D eigenvalue weighted by Crippen LogP contribution is -2.08. The molecule has 3 heterocycles. The SMILES string of the molecule is Cc1c(C(CO)c2cccnc2)ccc2[nH]c(Oc3ccncc3)nc12. The van der Waals surface area contributed by atoms with Gasteiger partial charge in [0.15, 0.2) is 0 Å². The third kappa shape index (κ3) is 3.02. The summed E-state index contributed by atoms with van der Waals surface area (Å²) in [5, 5.41) is 9.94. The van der Waals surface area contributed by atoms with E-state index in [1.165, 1.54) is 0 Å². The van der Waals surface area contributed by atoms with Crippen LogP contribution in [-0.2, 0) is 0 Å². The summed E-state index contributed by atoms with van der Waals surface area (Å²) < 4.78 is 5.76. The molecule has 0 bridgehead atoms. The predicted octanol–water partition coefficient (Wildman–Crippen LogP) is 3.58. The number of pyridine rings is 2. The normalized spacial score (nSPS) is 12.2. The van der Waals surface area contributed by atoms with E-state index < -0.39 is 0 Å².